The zero-order chi connectivity index (χ0) is 9.69. The van der Waals surface area contributed by atoms with Gasteiger partial charge in [0.05, 0.1) is 5.60 Å². The molecular formula is C10H18O3. The highest BCUT2D eigenvalue weighted by Gasteiger charge is 2.49. The van der Waals surface area contributed by atoms with Gasteiger partial charge >= 0.3 is 0 Å². The first kappa shape index (κ1) is 9.44. The fourth-order valence-corrected chi connectivity index (χ4v) is 2.28. The van der Waals surface area contributed by atoms with Crippen LogP contribution in [0.2, 0.25) is 0 Å². The molecule has 0 aromatic carbocycles. The zero-order valence-corrected chi connectivity index (χ0v) is 8.54. The summed E-state index contributed by atoms with van der Waals surface area (Å²) >= 11 is 0. The minimum absolute atomic E-state index is 0.140. The van der Waals surface area contributed by atoms with E-state index in [0.29, 0.717) is 5.92 Å². The van der Waals surface area contributed by atoms with Crippen molar-refractivity contribution in [1.82, 2.24) is 0 Å². The molecule has 1 aliphatic heterocycles. The molecule has 0 unspecified atom stereocenters. The monoisotopic (exact) mass is 186 g/mol. The number of rotatable bonds is 0. The summed E-state index contributed by atoms with van der Waals surface area (Å²) in [6, 6.07) is 0. The van der Waals surface area contributed by atoms with Crippen LogP contribution in [0.5, 0.6) is 0 Å². The molecule has 2 rings (SSSR count). The summed E-state index contributed by atoms with van der Waals surface area (Å²) in [5.74, 6) is 0.520. The van der Waals surface area contributed by atoms with E-state index < -0.39 is 5.60 Å². The van der Waals surface area contributed by atoms with Crippen molar-refractivity contribution in [3.05, 3.63) is 0 Å². The third-order valence-electron chi connectivity index (χ3n) is 3.55. The first-order valence-electron chi connectivity index (χ1n) is 4.99. The van der Waals surface area contributed by atoms with E-state index in [-0.39, 0.29) is 11.7 Å². The quantitative estimate of drug-likeness (QED) is 0.584. The molecule has 1 aliphatic carbocycles. The largest absolute Gasteiger partial charge is 0.387 e. The highest BCUT2D eigenvalue weighted by Crippen LogP contribution is 2.44. The Kier molecular flexibility index (Phi) is 1.95. The molecule has 3 heteroatoms. The summed E-state index contributed by atoms with van der Waals surface area (Å²) in [7, 11) is 0. The molecule has 0 aromatic heterocycles. The molecule has 3 atom stereocenters. The molecule has 0 radical (unpaired) electrons. The molecule has 0 spiro atoms. The van der Waals surface area contributed by atoms with E-state index >= 15 is 0 Å². The topological polar surface area (TPSA) is 38.7 Å². The van der Waals surface area contributed by atoms with Crippen LogP contribution >= 0.6 is 0 Å². The van der Waals surface area contributed by atoms with Gasteiger partial charge < -0.3 is 5.11 Å². The summed E-state index contributed by atoms with van der Waals surface area (Å²) in [5, 5.41) is 9.95. The summed E-state index contributed by atoms with van der Waals surface area (Å²) in [4.78, 5) is 10.5. The van der Waals surface area contributed by atoms with Gasteiger partial charge in [-0.2, -0.15) is 0 Å². The van der Waals surface area contributed by atoms with Gasteiger partial charge in [0.25, 0.3) is 0 Å². The minimum atomic E-state index is -0.701. The normalized spacial score (nSPS) is 48.9. The van der Waals surface area contributed by atoms with Crippen LogP contribution in [0.3, 0.4) is 0 Å². The van der Waals surface area contributed by atoms with Crippen molar-refractivity contribution in [2.75, 3.05) is 0 Å². The Bertz CT molecular complexity index is 188. The van der Waals surface area contributed by atoms with E-state index in [1.165, 1.54) is 0 Å². The predicted octanol–water partition coefficient (Wildman–Crippen LogP) is 1.65. The Morgan fingerprint density at radius 2 is 2.00 bits per heavy atom. The van der Waals surface area contributed by atoms with Crippen LogP contribution in [0.25, 0.3) is 0 Å². The highest BCUT2D eigenvalue weighted by atomic mass is 17.2. The smallest absolute Gasteiger partial charge is 0.122 e. The fraction of sp³-hybridized carbons (Fsp3) is 1.00. The van der Waals surface area contributed by atoms with E-state index in [1.807, 2.05) is 20.8 Å². The molecule has 1 heterocycles. The van der Waals surface area contributed by atoms with Crippen molar-refractivity contribution >= 4 is 0 Å². The van der Waals surface area contributed by atoms with Crippen LogP contribution in [0, 0.1) is 5.92 Å². The molecule has 2 fully saturated rings. The van der Waals surface area contributed by atoms with Crippen LogP contribution in [-0.2, 0) is 9.78 Å². The molecule has 2 aliphatic rings. The third-order valence-corrected chi connectivity index (χ3v) is 3.55. The second-order valence-corrected chi connectivity index (χ2v) is 5.10. The maximum Gasteiger partial charge on any atom is 0.122 e. The van der Waals surface area contributed by atoms with Gasteiger partial charge in [-0.05, 0) is 46.0 Å². The van der Waals surface area contributed by atoms with Crippen LogP contribution in [0.15, 0.2) is 0 Å². The molecule has 0 amide bonds. The summed E-state index contributed by atoms with van der Waals surface area (Å²) in [6.07, 6.45) is 2.62. The number of hydrogen-bond acceptors (Lipinski definition) is 3. The Labute approximate surface area is 79.0 Å². The van der Waals surface area contributed by atoms with Gasteiger partial charge in [-0.25, -0.2) is 9.78 Å². The second kappa shape index (κ2) is 2.69. The van der Waals surface area contributed by atoms with Gasteiger partial charge in [0.2, 0.25) is 0 Å². The third kappa shape index (κ3) is 1.49. The highest BCUT2D eigenvalue weighted by molar-refractivity contribution is 4.96. The van der Waals surface area contributed by atoms with Gasteiger partial charge in [-0.15, -0.1) is 0 Å². The van der Waals surface area contributed by atoms with Crippen molar-refractivity contribution in [2.45, 2.75) is 57.3 Å². The summed E-state index contributed by atoms with van der Waals surface area (Å²) in [6.45, 7) is 5.93. The van der Waals surface area contributed by atoms with Gasteiger partial charge in [-0.3, -0.25) is 0 Å². The van der Waals surface area contributed by atoms with Crippen molar-refractivity contribution in [3.63, 3.8) is 0 Å². The lowest BCUT2D eigenvalue weighted by atomic mass is 9.71. The van der Waals surface area contributed by atoms with Crippen LogP contribution in [0.4, 0.5) is 0 Å². The van der Waals surface area contributed by atoms with E-state index in [4.69, 9.17) is 9.78 Å². The second-order valence-electron chi connectivity index (χ2n) is 5.10. The lowest BCUT2D eigenvalue weighted by Gasteiger charge is -2.49. The summed E-state index contributed by atoms with van der Waals surface area (Å²) in [5.41, 5.74) is -0.889. The predicted molar refractivity (Wildman–Crippen MR) is 48.0 cm³/mol. The minimum Gasteiger partial charge on any atom is -0.387 e. The van der Waals surface area contributed by atoms with E-state index in [1.54, 1.807) is 0 Å². The Morgan fingerprint density at radius 3 is 2.69 bits per heavy atom. The van der Waals surface area contributed by atoms with Crippen molar-refractivity contribution in [2.24, 2.45) is 5.92 Å². The molecule has 0 aromatic rings. The fourth-order valence-electron chi connectivity index (χ4n) is 2.28. The van der Waals surface area contributed by atoms with Crippen LogP contribution in [0.1, 0.15) is 40.0 Å². The molecule has 2 bridgehead atoms. The van der Waals surface area contributed by atoms with Gasteiger partial charge in [-0.1, -0.05) is 0 Å². The zero-order valence-electron chi connectivity index (χ0n) is 8.54. The molecule has 13 heavy (non-hydrogen) atoms. The van der Waals surface area contributed by atoms with Gasteiger partial charge in [0, 0.05) is 0 Å². The Morgan fingerprint density at radius 1 is 1.31 bits per heavy atom. The molecular weight excluding hydrogens is 168 g/mol. The number of fused-ring (bicyclic) bond motifs is 2. The molecule has 76 valence electrons. The molecule has 1 saturated heterocycles. The number of aliphatic hydroxyl groups is 1. The molecule has 3 nitrogen and oxygen atoms in total. The maximum absolute atomic E-state index is 9.95. The SMILES string of the molecule is CC1(C)OO[C@H]2C[C@@H]1CC[C@]2(C)O. The average molecular weight is 186 g/mol. The molecule has 1 N–H and O–H groups in total. The lowest BCUT2D eigenvalue weighted by Crippen LogP contribution is -2.55. The van der Waals surface area contributed by atoms with Crippen molar-refractivity contribution in [3.8, 4) is 0 Å². The number of hydrogen-bond donors (Lipinski definition) is 1. The Balaban J connectivity index is 2.14. The van der Waals surface area contributed by atoms with Crippen molar-refractivity contribution < 1.29 is 14.9 Å². The maximum atomic E-state index is 9.95. The summed E-state index contributed by atoms with van der Waals surface area (Å²) < 4.78 is 0. The first-order valence-corrected chi connectivity index (χ1v) is 4.99. The van der Waals surface area contributed by atoms with Crippen LogP contribution < -0.4 is 0 Å². The Hall–Kier alpha value is -0.120. The van der Waals surface area contributed by atoms with Crippen molar-refractivity contribution in [1.29, 1.82) is 0 Å². The standard InChI is InChI=1S/C10H18O3/c1-9(2)7-4-5-10(3,11)8(6-7)12-13-9/h7-8,11H,4-6H2,1-3H3/t7-,8-,10-/m0/s1. The van der Waals surface area contributed by atoms with Gasteiger partial charge in [0.15, 0.2) is 0 Å². The lowest BCUT2D eigenvalue weighted by molar-refractivity contribution is -0.442. The van der Waals surface area contributed by atoms with E-state index in [2.05, 4.69) is 0 Å². The van der Waals surface area contributed by atoms with Crippen LogP contribution in [-0.4, -0.2) is 22.4 Å². The molecule has 1 saturated carbocycles. The van der Waals surface area contributed by atoms with E-state index in [0.717, 1.165) is 19.3 Å². The first-order chi connectivity index (χ1) is 5.92. The average Bonchev–Trinajstić information content (AvgIpc) is 2.01. The van der Waals surface area contributed by atoms with Gasteiger partial charge in [0.1, 0.15) is 11.7 Å². The van der Waals surface area contributed by atoms with E-state index in [9.17, 15) is 5.11 Å².